The Morgan fingerprint density at radius 1 is 1.25 bits per heavy atom. The van der Waals surface area contributed by atoms with Gasteiger partial charge in [0.15, 0.2) is 0 Å². The Morgan fingerprint density at radius 3 is 2.88 bits per heavy atom. The minimum atomic E-state index is -0.942. The van der Waals surface area contributed by atoms with E-state index in [4.69, 9.17) is 5.11 Å². The van der Waals surface area contributed by atoms with Crippen molar-refractivity contribution in [3.63, 3.8) is 0 Å². The van der Waals surface area contributed by atoms with Crippen molar-refractivity contribution >= 4 is 17.9 Å². The van der Waals surface area contributed by atoms with Gasteiger partial charge in [-0.1, -0.05) is 12.1 Å². The summed E-state index contributed by atoms with van der Waals surface area (Å²) in [6, 6.07) is 6.83. The second-order valence-corrected chi connectivity index (χ2v) is 3.17. The van der Waals surface area contributed by atoms with Crippen LogP contribution in [0.1, 0.15) is 10.4 Å². The van der Waals surface area contributed by atoms with Crippen LogP contribution in [0.4, 0.5) is 5.69 Å². The number of rotatable bonds is 2. The van der Waals surface area contributed by atoms with Crippen molar-refractivity contribution in [1.82, 2.24) is 0 Å². The van der Waals surface area contributed by atoms with Crippen molar-refractivity contribution in [2.45, 2.75) is 0 Å². The maximum atomic E-state index is 11.0. The van der Waals surface area contributed by atoms with Crippen LogP contribution in [0, 0.1) is 0 Å². The normalized spacial score (nSPS) is 13.9. The highest BCUT2D eigenvalue weighted by Gasteiger charge is 2.12. The quantitative estimate of drug-likeness (QED) is 0.821. The summed E-state index contributed by atoms with van der Waals surface area (Å²) in [7, 11) is 0. The van der Waals surface area contributed by atoms with Gasteiger partial charge in [-0.2, -0.15) is 0 Å². The van der Waals surface area contributed by atoms with E-state index in [1.165, 1.54) is 0 Å². The lowest BCUT2D eigenvalue weighted by Crippen LogP contribution is -2.11. The standard InChI is InChI=1S/C12H10N2O2/c15-12(16)10-4-1-2-5-11(10)14-8-3-6-13-7-9-14/h1-9H,(H,15,16). The van der Waals surface area contributed by atoms with E-state index < -0.39 is 5.97 Å². The fraction of sp³-hybridized carbons (Fsp3) is 0. The van der Waals surface area contributed by atoms with E-state index in [0.717, 1.165) is 0 Å². The lowest BCUT2D eigenvalue weighted by atomic mass is 10.1. The number of carbonyl (C=O) groups is 1. The first kappa shape index (κ1) is 10.2. The maximum Gasteiger partial charge on any atom is 0.337 e. The molecule has 1 heterocycles. The first-order valence-corrected chi connectivity index (χ1v) is 4.76. The first-order chi connectivity index (χ1) is 7.79. The molecule has 1 aliphatic heterocycles. The largest absolute Gasteiger partial charge is 0.478 e. The van der Waals surface area contributed by atoms with Gasteiger partial charge in [-0.25, -0.2) is 4.79 Å². The fourth-order valence-electron chi connectivity index (χ4n) is 1.43. The van der Waals surface area contributed by atoms with Crippen LogP contribution < -0.4 is 4.90 Å². The van der Waals surface area contributed by atoms with Crippen LogP contribution in [0.15, 0.2) is 53.9 Å². The molecule has 2 rings (SSSR count). The van der Waals surface area contributed by atoms with E-state index in [2.05, 4.69) is 4.99 Å². The highest BCUT2D eigenvalue weighted by atomic mass is 16.4. The minimum Gasteiger partial charge on any atom is -0.478 e. The third kappa shape index (κ3) is 2.00. The SMILES string of the molecule is O=C(O)c1ccccc1N1C=CC=NC=C1. The van der Waals surface area contributed by atoms with Crippen molar-refractivity contribution in [2.24, 2.45) is 4.99 Å². The zero-order valence-corrected chi connectivity index (χ0v) is 8.45. The zero-order valence-electron chi connectivity index (χ0n) is 8.45. The molecule has 0 fully saturated rings. The lowest BCUT2D eigenvalue weighted by molar-refractivity contribution is 0.0697. The van der Waals surface area contributed by atoms with Gasteiger partial charge in [0.25, 0.3) is 0 Å². The van der Waals surface area contributed by atoms with Gasteiger partial charge in [0, 0.05) is 24.8 Å². The molecular weight excluding hydrogens is 204 g/mol. The Balaban J connectivity index is 2.43. The van der Waals surface area contributed by atoms with E-state index in [1.54, 1.807) is 60.1 Å². The van der Waals surface area contributed by atoms with Gasteiger partial charge in [-0.05, 0) is 18.2 Å². The molecule has 0 spiro atoms. The number of allylic oxidation sites excluding steroid dienone is 1. The van der Waals surface area contributed by atoms with E-state index in [-0.39, 0.29) is 5.56 Å². The van der Waals surface area contributed by atoms with E-state index in [1.807, 2.05) is 0 Å². The predicted octanol–water partition coefficient (Wildman–Crippen LogP) is 2.26. The summed E-state index contributed by atoms with van der Waals surface area (Å²) in [5.74, 6) is -0.942. The number of anilines is 1. The highest BCUT2D eigenvalue weighted by molar-refractivity contribution is 5.95. The molecule has 0 radical (unpaired) electrons. The maximum absolute atomic E-state index is 11.0. The van der Waals surface area contributed by atoms with Crippen LogP contribution in [0.5, 0.6) is 0 Å². The summed E-state index contributed by atoms with van der Waals surface area (Å²) in [4.78, 5) is 16.7. The van der Waals surface area contributed by atoms with Gasteiger partial charge in [-0.3, -0.25) is 4.99 Å². The molecule has 1 aromatic carbocycles. The Kier molecular flexibility index (Phi) is 2.82. The molecular formula is C12H10N2O2. The molecule has 0 atom stereocenters. The summed E-state index contributed by atoms with van der Waals surface area (Å²) >= 11 is 0. The number of aliphatic imine (C=N–C) groups is 1. The first-order valence-electron chi connectivity index (χ1n) is 4.76. The average molecular weight is 214 g/mol. The van der Waals surface area contributed by atoms with Crippen molar-refractivity contribution in [3.05, 3.63) is 54.5 Å². The Hall–Kier alpha value is -2.36. The Labute approximate surface area is 92.8 Å². The Bertz CT molecular complexity index is 474. The van der Waals surface area contributed by atoms with Crippen molar-refractivity contribution in [3.8, 4) is 0 Å². The number of hydrogen-bond acceptors (Lipinski definition) is 3. The van der Waals surface area contributed by atoms with Crippen LogP contribution >= 0.6 is 0 Å². The number of nitrogens with zero attached hydrogens (tertiary/aromatic N) is 2. The van der Waals surface area contributed by atoms with Crippen molar-refractivity contribution in [1.29, 1.82) is 0 Å². The molecule has 16 heavy (non-hydrogen) atoms. The molecule has 0 amide bonds. The van der Waals surface area contributed by atoms with Gasteiger partial charge in [0.2, 0.25) is 0 Å². The summed E-state index contributed by atoms with van der Waals surface area (Å²) in [6.45, 7) is 0. The van der Waals surface area contributed by atoms with Gasteiger partial charge in [-0.15, -0.1) is 0 Å². The summed E-state index contributed by atoms with van der Waals surface area (Å²) in [6.07, 6.45) is 8.47. The molecule has 0 unspecified atom stereocenters. The lowest BCUT2D eigenvalue weighted by Gasteiger charge is -2.16. The summed E-state index contributed by atoms with van der Waals surface area (Å²) in [5.41, 5.74) is 0.881. The average Bonchev–Trinajstić information content (AvgIpc) is 2.57. The number of aromatic carboxylic acids is 1. The Morgan fingerprint density at radius 2 is 2.06 bits per heavy atom. The molecule has 4 heteroatoms. The fourth-order valence-corrected chi connectivity index (χ4v) is 1.43. The zero-order chi connectivity index (χ0) is 11.4. The van der Waals surface area contributed by atoms with E-state index in [9.17, 15) is 4.79 Å². The second-order valence-electron chi connectivity index (χ2n) is 3.17. The molecule has 80 valence electrons. The summed E-state index contributed by atoms with van der Waals surface area (Å²) in [5, 5.41) is 9.06. The van der Waals surface area contributed by atoms with E-state index >= 15 is 0 Å². The molecule has 1 aliphatic rings. The third-order valence-corrected chi connectivity index (χ3v) is 2.14. The van der Waals surface area contributed by atoms with Crippen LogP contribution in [0.2, 0.25) is 0 Å². The molecule has 0 aliphatic carbocycles. The van der Waals surface area contributed by atoms with Crippen molar-refractivity contribution < 1.29 is 9.90 Å². The number of carboxylic acid groups (broad SMARTS) is 1. The smallest absolute Gasteiger partial charge is 0.337 e. The molecule has 1 aromatic rings. The van der Waals surface area contributed by atoms with Crippen LogP contribution in [-0.4, -0.2) is 17.3 Å². The predicted molar refractivity (Wildman–Crippen MR) is 62.7 cm³/mol. The molecule has 1 N–H and O–H groups in total. The van der Waals surface area contributed by atoms with Gasteiger partial charge in [0.1, 0.15) is 0 Å². The number of para-hydroxylation sites is 1. The molecule has 0 aromatic heterocycles. The topological polar surface area (TPSA) is 52.9 Å². The van der Waals surface area contributed by atoms with Gasteiger partial charge >= 0.3 is 5.97 Å². The molecule has 4 nitrogen and oxygen atoms in total. The monoisotopic (exact) mass is 214 g/mol. The van der Waals surface area contributed by atoms with Crippen molar-refractivity contribution in [2.75, 3.05) is 4.90 Å². The van der Waals surface area contributed by atoms with Crippen LogP contribution in [0.25, 0.3) is 0 Å². The highest BCUT2D eigenvalue weighted by Crippen LogP contribution is 2.21. The van der Waals surface area contributed by atoms with Crippen LogP contribution in [0.3, 0.4) is 0 Å². The summed E-state index contributed by atoms with van der Waals surface area (Å²) < 4.78 is 0. The van der Waals surface area contributed by atoms with Gasteiger partial charge in [0.05, 0.1) is 11.3 Å². The van der Waals surface area contributed by atoms with Gasteiger partial charge < -0.3 is 10.0 Å². The van der Waals surface area contributed by atoms with Crippen LogP contribution in [-0.2, 0) is 0 Å². The number of hydrogen-bond donors (Lipinski definition) is 1. The molecule has 0 bridgehead atoms. The third-order valence-electron chi connectivity index (χ3n) is 2.14. The second kappa shape index (κ2) is 4.44. The minimum absolute atomic E-state index is 0.263. The van der Waals surface area contributed by atoms with E-state index in [0.29, 0.717) is 5.69 Å². The number of benzene rings is 1. The molecule has 0 saturated heterocycles. The molecule has 0 saturated carbocycles. The number of carboxylic acids is 1.